The van der Waals surface area contributed by atoms with Crippen molar-refractivity contribution < 1.29 is 23.8 Å². The highest BCUT2D eigenvalue weighted by molar-refractivity contribution is 5.86. The topological polar surface area (TPSA) is 86.0 Å². The molecule has 3 aromatic rings. The monoisotopic (exact) mass is 326 g/mol. The summed E-state index contributed by atoms with van der Waals surface area (Å²) in [6, 6.07) is 10.9. The van der Waals surface area contributed by atoms with E-state index in [9.17, 15) is 14.7 Å². The number of phenolic OH excluding ortho intramolecular Hbond substituents is 1. The predicted molar refractivity (Wildman–Crippen MR) is 87.4 cm³/mol. The van der Waals surface area contributed by atoms with Crippen molar-refractivity contribution in [3.8, 4) is 28.6 Å². The molecule has 0 fully saturated rings. The van der Waals surface area contributed by atoms with Gasteiger partial charge >= 0.3 is 5.97 Å². The van der Waals surface area contributed by atoms with Gasteiger partial charge in [-0.15, -0.1) is 0 Å². The van der Waals surface area contributed by atoms with Gasteiger partial charge in [-0.3, -0.25) is 9.59 Å². The Labute approximate surface area is 136 Å². The van der Waals surface area contributed by atoms with Crippen LogP contribution in [0.2, 0.25) is 0 Å². The van der Waals surface area contributed by atoms with E-state index in [-0.39, 0.29) is 22.5 Å². The summed E-state index contributed by atoms with van der Waals surface area (Å²) in [6.07, 6.45) is 0. The van der Waals surface area contributed by atoms with Gasteiger partial charge in [-0.05, 0) is 24.3 Å². The molecule has 0 radical (unpaired) electrons. The summed E-state index contributed by atoms with van der Waals surface area (Å²) in [4.78, 5) is 23.4. The highest BCUT2D eigenvalue weighted by Gasteiger charge is 2.13. The van der Waals surface area contributed by atoms with Crippen LogP contribution in [-0.4, -0.2) is 18.2 Å². The van der Waals surface area contributed by atoms with E-state index in [4.69, 9.17) is 13.9 Å². The minimum atomic E-state index is -0.539. The third-order valence-electron chi connectivity index (χ3n) is 3.42. The van der Waals surface area contributed by atoms with Gasteiger partial charge in [0.2, 0.25) is 0 Å². The summed E-state index contributed by atoms with van der Waals surface area (Å²) in [6.45, 7) is 1.24. The van der Waals surface area contributed by atoms with Gasteiger partial charge in [0.1, 0.15) is 34.0 Å². The van der Waals surface area contributed by atoms with Crippen LogP contribution in [0.5, 0.6) is 17.2 Å². The van der Waals surface area contributed by atoms with Gasteiger partial charge in [0.15, 0.2) is 5.43 Å². The number of carbonyl (C=O) groups excluding carboxylic acids is 1. The summed E-state index contributed by atoms with van der Waals surface area (Å²) >= 11 is 0. The second-order valence-corrected chi connectivity index (χ2v) is 5.11. The summed E-state index contributed by atoms with van der Waals surface area (Å²) in [5.74, 6) is 0.259. The van der Waals surface area contributed by atoms with E-state index < -0.39 is 11.4 Å². The third kappa shape index (κ3) is 2.94. The van der Waals surface area contributed by atoms with Crippen LogP contribution in [0.25, 0.3) is 22.3 Å². The van der Waals surface area contributed by atoms with E-state index in [1.807, 2.05) is 0 Å². The normalized spacial score (nSPS) is 10.6. The van der Waals surface area contributed by atoms with Gasteiger partial charge in [0, 0.05) is 30.7 Å². The number of hydrogen-bond donors (Lipinski definition) is 1. The molecule has 1 aromatic heterocycles. The molecule has 0 aliphatic heterocycles. The number of methoxy groups -OCH3 is 1. The Morgan fingerprint density at radius 1 is 1.08 bits per heavy atom. The maximum Gasteiger partial charge on any atom is 0.308 e. The molecule has 3 rings (SSSR count). The van der Waals surface area contributed by atoms with Gasteiger partial charge in [-0.1, -0.05) is 0 Å². The molecule has 24 heavy (non-hydrogen) atoms. The molecule has 122 valence electrons. The van der Waals surface area contributed by atoms with Crippen LogP contribution >= 0.6 is 0 Å². The second-order valence-electron chi connectivity index (χ2n) is 5.11. The van der Waals surface area contributed by atoms with E-state index in [0.717, 1.165) is 0 Å². The molecule has 6 nitrogen and oxygen atoms in total. The van der Waals surface area contributed by atoms with E-state index in [1.165, 1.54) is 25.1 Å². The SMILES string of the molecule is COc1ccc(-c2cc(=O)c3c(O)cc(OC(C)=O)cc3o2)cc1. The fourth-order valence-electron chi connectivity index (χ4n) is 2.37. The standard InChI is InChI=1S/C18H14O6/c1-10(19)23-13-7-14(20)18-15(21)9-16(24-17(18)8-13)11-3-5-12(22-2)6-4-11/h3-9,20H,1-2H3. The zero-order chi connectivity index (χ0) is 17.3. The fourth-order valence-corrected chi connectivity index (χ4v) is 2.37. The van der Waals surface area contributed by atoms with Gasteiger partial charge in [-0.2, -0.15) is 0 Å². The van der Waals surface area contributed by atoms with Crippen LogP contribution in [0, 0.1) is 0 Å². The van der Waals surface area contributed by atoms with E-state index in [1.54, 1.807) is 31.4 Å². The van der Waals surface area contributed by atoms with Crippen LogP contribution in [0.4, 0.5) is 0 Å². The van der Waals surface area contributed by atoms with Crippen LogP contribution in [0.1, 0.15) is 6.92 Å². The smallest absolute Gasteiger partial charge is 0.308 e. The Morgan fingerprint density at radius 2 is 1.79 bits per heavy atom. The number of esters is 1. The molecular formula is C18H14O6. The third-order valence-corrected chi connectivity index (χ3v) is 3.42. The Hall–Kier alpha value is -3.28. The first kappa shape index (κ1) is 15.6. The van der Waals surface area contributed by atoms with Crippen molar-refractivity contribution in [3.63, 3.8) is 0 Å². The highest BCUT2D eigenvalue weighted by atomic mass is 16.5. The lowest BCUT2D eigenvalue weighted by atomic mass is 10.1. The molecule has 0 spiro atoms. The summed E-state index contributed by atoms with van der Waals surface area (Å²) in [5, 5.41) is 10.0. The Kier molecular flexibility index (Phi) is 3.95. The van der Waals surface area contributed by atoms with E-state index >= 15 is 0 Å². The maximum atomic E-state index is 12.3. The van der Waals surface area contributed by atoms with Crippen LogP contribution < -0.4 is 14.9 Å². The highest BCUT2D eigenvalue weighted by Crippen LogP contribution is 2.31. The van der Waals surface area contributed by atoms with Crippen LogP contribution in [-0.2, 0) is 4.79 Å². The lowest BCUT2D eigenvalue weighted by Gasteiger charge is -2.07. The molecule has 0 atom stereocenters. The van der Waals surface area contributed by atoms with Crippen molar-refractivity contribution in [3.05, 3.63) is 52.7 Å². The molecule has 0 amide bonds. The van der Waals surface area contributed by atoms with Crippen molar-refractivity contribution in [2.45, 2.75) is 6.92 Å². The quantitative estimate of drug-likeness (QED) is 0.588. The van der Waals surface area contributed by atoms with Crippen molar-refractivity contribution in [2.24, 2.45) is 0 Å². The minimum Gasteiger partial charge on any atom is -0.507 e. The molecule has 2 aromatic carbocycles. The van der Waals surface area contributed by atoms with Crippen molar-refractivity contribution in [1.82, 2.24) is 0 Å². The van der Waals surface area contributed by atoms with Crippen LogP contribution in [0.15, 0.2) is 51.7 Å². The maximum absolute atomic E-state index is 12.3. The molecule has 0 saturated carbocycles. The number of benzene rings is 2. The zero-order valence-corrected chi connectivity index (χ0v) is 13.0. The van der Waals surface area contributed by atoms with Crippen molar-refractivity contribution in [1.29, 1.82) is 0 Å². The molecule has 1 N–H and O–H groups in total. The first-order valence-corrected chi connectivity index (χ1v) is 7.11. The fraction of sp³-hybridized carbons (Fsp3) is 0.111. The van der Waals surface area contributed by atoms with Gasteiger partial charge < -0.3 is 19.0 Å². The Bertz CT molecular complexity index is 969. The summed E-state index contributed by atoms with van der Waals surface area (Å²) in [5.41, 5.74) is 0.408. The van der Waals surface area contributed by atoms with Gasteiger partial charge in [0.05, 0.1) is 7.11 Å². The molecular weight excluding hydrogens is 312 g/mol. The number of fused-ring (bicyclic) bond motifs is 1. The van der Waals surface area contributed by atoms with Gasteiger partial charge in [0.25, 0.3) is 0 Å². The number of phenols is 1. The lowest BCUT2D eigenvalue weighted by molar-refractivity contribution is -0.131. The molecule has 0 aliphatic carbocycles. The first-order valence-electron chi connectivity index (χ1n) is 7.11. The van der Waals surface area contributed by atoms with E-state index in [2.05, 4.69) is 0 Å². The minimum absolute atomic E-state index is 0.0307. The average molecular weight is 326 g/mol. The Morgan fingerprint density at radius 3 is 2.42 bits per heavy atom. The summed E-state index contributed by atoms with van der Waals surface area (Å²) < 4.78 is 15.7. The lowest BCUT2D eigenvalue weighted by Crippen LogP contribution is -2.04. The molecule has 0 bridgehead atoms. The van der Waals surface area contributed by atoms with E-state index in [0.29, 0.717) is 17.1 Å². The zero-order valence-electron chi connectivity index (χ0n) is 13.0. The Balaban J connectivity index is 2.16. The summed E-state index contributed by atoms with van der Waals surface area (Å²) in [7, 11) is 1.56. The second kappa shape index (κ2) is 6.08. The largest absolute Gasteiger partial charge is 0.507 e. The molecule has 0 saturated heterocycles. The number of rotatable bonds is 3. The predicted octanol–water partition coefficient (Wildman–Crippen LogP) is 3.10. The molecule has 1 heterocycles. The number of hydrogen-bond acceptors (Lipinski definition) is 6. The molecule has 0 aliphatic rings. The number of carbonyl (C=O) groups is 1. The number of ether oxygens (including phenoxy) is 2. The number of aromatic hydroxyl groups is 1. The van der Waals surface area contributed by atoms with Gasteiger partial charge in [-0.25, -0.2) is 0 Å². The molecule has 6 heteroatoms. The van der Waals surface area contributed by atoms with Crippen molar-refractivity contribution >= 4 is 16.9 Å². The van der Waals surface area contributed by atoms with Crippen molar-refractivity contribution in [2.75, 3.05) is 7.11 Å². The van der Waals surface area contributed by atoms with Crippen LogP contribution in [0.3, 0.4) is 0 Å². The first-order chi connectivity index (χ1) is 11.5. The average Bonchev–Trinajstić information content (AvgIpc) is 2.53. The molecule has 0 unspecified atom stereocenters.